The molecule has 0 aliphatic carbocycles. The summed E-state index contributed by atoms with van der Waals surface area (Å²) in [4.78, 5) is 8.24. The lowest BCUT2D eigenvalue weighted by molar-refractivity contribution is 0.464. The maximum Gasteiger partial charge on any atom is 0.248 e. The van der Waals surface area contributed by atoms with Gasteiger partial charge in [0.05, 0.1) is 0 Å². The van der Waals surface area contributed by atoms with Crippen LogP contribution in [0, 0.1) is 0 Å². The van der Waals surface area contributed by atoms with Gasteiger partial charge in [-0.3, -0.25) is 0 Å². The van der Waals surface area contributed by atoms with Crippen LogP contribution in [0.1, 0.15) is 5.56 Å². The number of hydrogen-bond donors (Lipinski definition) is 2. The van der Waals surface area contributed by atoms with E-state index in [0.29, 0.717) is 34.7 Å². The lowest BCUT2D eigenvalue weighted by atomic mass is 10.2. The van der Waals surface area contributed by atoms with Gasteiger partial charge in [0, 0.05) is 11.6 Å². The van der Waals surface area contributed by atoms with Crippen molar-refractivity contribution in [3.05, 3.63) is 71.5 Å². The van der Waals surface area contributed by atoms with Gasteiger partial charge in [0.15, 0.2) is 5.82 Å². The Labute approximate surface area is 139 Å². The van der Waals surface area contributed by atoms with E-state index in [2.05, 4.69) is 15.3 Å². The zero-order valence-electron chi connectivity index (χ0n) is 12.2. The van der Waals surface area contributed by atoms with Crippen molar-refractivity contribution in [3.63, 3.8) is 0 Å². The summed E-state index contributed by atoms with van der Waals surface area (Å²) < 4.78 is 5.68. The molecule has 6 heteroatoms. The van der Waals surface area contributed by atoms with Gasteiger partial charge in [-0.15, -0.1) is 0 Å². The van der Waals surface area contributed by atoms with Crippen molar-refractivity contribution in [1.29, 1.82) is 0 Å². The van der Waals surface area contributed by atoms with Gasteiger partial charge in [0.1, 0.15) is 17.8 Å². The number of nitrogens with zero attached hydrogens (tertiary/aromatic N) is 2. The number of ether oxygens (including phenoxy) is 1. The number of anilines is 2. The maximum atomic E-state index is 6.14. The highest BCUT2D eigenvalue weighted by Gasteiger charge is 2.10. The molecule has 0 radical (unpaired) electrons. The van der Waals surface area contributed by atoms with Gasteiger partial charge in [-0.25, -0.2) is 4.98 Å². The molecule has 3 N–H and O–H groups in total. The molecule has 0 aliphatic rings. The summed E-state index contributed by atoms with van der Waals surface area (Å²) in [6.45, 7) is 0.506. The molecule has 23 heavy (non-hydrogen) atoms. The second-order valence-electron chi connectivity index (χ2n) is 4.80. The van der Waals surface area contributed by atoms with E-state index in [4.69, 9.17) is 22.1 Å². The monoisotopic (exact) mass is 326 g/mol. The SMILES string of the molecule is Nc1c(NCc2ccccc2Cl)ncnc1Oc1ccccc1. The van der Waals surface area contributed by atoms with Crippen molar-refractivity contribution in [3.8, 4) is 11.6 Å². The average Bonchev–Trinajstić information content (AvgIpc) is 2.58. The van der Waals surface area contributed by atoms with Crippen molar-refractivity contribution in [2.45, 2.75) is 6.54 Å². The summed E-state index contributed by atoms with van der Waals surface area (Å²) in [6, 6.07) is 16.9. The van der Waals surface area contributed by atoms with E-state index in [9.17, 15) is 0 Å². The summed E-state index contributed by atoms with van der Waals surface area (Å²) in [5.41, 5.74) is 7.39. The number of nitrogens with one attached hydrogen (secondary N) is 1. The van der Waals surface area contributed by atoms with Crippen LogP contribution in [0.5, 0.6) is 11.6 Å². The molecule has 5 nitrogen and oxygen atoms in total. The first-order valence-corrected chi connectivity index (χ1v) is 7.42. The number of rotatable bonds is 5. The number of aromatic nitrogens is 2. The maximum absolute atomic E-state index is 6.14. The zero-order valence-corrected chi connectivity index (χ0v) is 13.0. The van der Waals surface area contributed by atoms with Crippen LogP contribution in [0.2, 0.25) is 5.02 Å². The number of benzene rings is 2. The fraction of sp³-hybridized carbons (Fsp3) is 0.0588. The first-order valence-electron chi connectivity index (χ1n) is 7.04. The number of nitrogen functional groups attached to an aromatic ring is 1. The number of halogens is 1. The van der Waals surface area contributed by atoms with Crippen molar-refractivity contribution in [1.82, 2.24) is 9.97 Å². The minimum Gasteiger partial charge on any atom is -0.437 e. The van der Waals surface area contributed by atoms with E-state index in [1.165, 1.54) is 6.33 Å². The fourth-order valence-corrected chi connectivity index (χ4v) is 2.23. The summed E-state index contributed by atoms with van der Waals surface area (Å²) in [6.07, 6.45) is 1.41. The molecule has 1 aromatic heterocycles. The molecule has 3 rings (SSSR count). The molecule has 0 spiro atoms. The molecule has 2 aromatic carbocycles. The quantitative estimate of drug-likeness (QED) is 0.738. The topological polar surface area (TPSA) is 73.1 Å². The summed E-state index contributed by atoms with van der Waals surface area (Å²) in [5, 5.41) is 3.84. The summed E-state index contributed by atoms with van der Waals surface area (Å²) >= 11 is 6.14. The third-order valence-electron chi connectivity index (χ3n) is 3.21. The van der Waals surface area contributed by atoms with Crippen LogP contribution in [0.3, 0.4) is 0 Å². The van der Waals surface area contributed by atoms with Crippen LogP contribution < -0.4 is 15.8 Å². The van der Waals surface area contributed by atoms with Crippen molar-refractivity contribution >= 4 is 23.1 Å². The first-order chi connectivity index (χ1) is 11.2. The van der Waals surface area contributed by atoms with Crippen LogP contribution in [-0.2, 0) is 6.54 Å². The molecule has 0 amide bonds. The number of nitrogens with two attached hydrogens (primary N) is 1. The normalized spacial score (nSPS) is 10.3. The number of hydrogen-bond acceptors (Lipinski definition) is 5. The first kappa shape index (κ1) is 15.1. The molecule has 0 saturated carbocycles. The third-order valence-corrected chi connectivity index (χ3v) is 3.58. The zero-order chi connectivity index (χ0) is 16.1. The molecule has 0 aliphatic heterocycles. The van der Waals surface area contributed by atoms with E-state index < -0.39 is 0 Å². The van der Waals surface area contributed by atoms with E-state index in [-0.39, 0.29) is 0 Å². The standard InChI is InChI=1S/C17H15ClN4O/c18-14-9-5-4-6-12(14)10-20-16-15(19)17(22-11-21-16)23-13-7-2-1-3-8-13/h1-9,11H,10,19H2,(H,20,21,22). The Hall–Kier alpha value is -2.79. The highest BCUT2D eigenvalue weighted by molar-refractivity contribution is 6.31. The Morgan fingerprint density at radius 3 is 2.52 bits per heavy atom. The van der Waals surface area contributed by atoms with Gasteiger partial charge in [0.2, 0.25) is 5.88 Å². The van der Waals surface area contributed by atoms with Crippen molar-refractivity contribution in [2.75, 3.05) is 11.1 Å². The summed E-state index contributed by atoms with van der Waals surface area (Å²) in [5.74, 6) is 1.48. The Morgan fingerprint density at radius 1 is 1.00 bits per heavy atom. The van der Waals surface area contributed by atoms with E-state index >= 15 is 0 Å². The predicted octanol–water partition coefficient (Wildman–Crippen LogP) is 4.12. The van der Waals surface area contributed by atoms with Gasteiger partial charge in [-0.1, -0.05) is 48.0 Å². The van der Waals surface area contributed by atoms with E-state index in [1.807, 2.05) is 54.6 Å². The highest BCUT2D eigenvalue weighted by atomic mass is 35.5. The van der Waals surface area contributed by atoms with Crippen LogP contribution in [0.15, 0.2) is 60.9 Å². The Kier molecular flexibility index (Phi) is 4.59. The second kappa shape index (κ2) is 6.98. The lowest BCUT2D eigenvalue weighted by Gasteiger charge is -2.12. The molecule has 1 heterocycles. The van der Waals surface area contributed by atoms with Crippen LogP contribution in [-0.4, -0.2) is 9.97 Å². The van der Waals surface area contributed by atoms with E-state index in [1.54, 1.807) is 0 Å². The molecule has 3 aromatic rings. The number of para-hydroxylation sites is 1. The predicted molar refractivity (Wildman–Crippen MR) is 91.7 cm³/mol. The fourth-order valence-electron chi connectivity index (χ4n) is 2.02. The minimum atomic E-state index is 0.313. The van der Waals surface area contributed by atoms with Crippen molar-refractivity contribution in [2.24, 2.45) is 0 Å². The third kappa shape index (κ3) is 3.70. The van der Waals surface area contributed by atoms with Gasteiger partial charge in [-0.05, 0) is 23.8 Å². The highest BCUT2D eigenvalue weighted by Crippen LogP contribution is 2.29. The minimum absolute atomic E-state index is 0.313. The lowest BCUT2D eigenvalue weighted by Crippen LogP contribution is -2.07. The molecular formula is C17H15ClN4O. The van der Waals surface area contributed by atoms with Crippen LogP contribution >= 0.6 is 11.6 Å². The Morgan fingerprint density at radius 2 is 1.74 bits per heavy atom. The van der Waals surface area contributed by atoms with Gasteiger partial charge < -0.3 is 15.8 Å². The van der Waals surface area contributed by atoms with E-state index in [0.717, 1.165) is 5.56 Å². The summed E-state index contributed by atoms with van der Waals surface area (Å²) in [7, 11) is 0. The molecule has 0 bridgehead atoms. The van der Waals surface area contributed by atoms with Crippen LogP contribution in [0.4, 0.5) is 11.5 Å². The Bertz CT molecular complexity index is 796. The van der Waals surface area contributed by atoms with Crippen LogP contribution in [0.25, 0.3) is 0 Å². The Balaban J connectivity index is 1.76. The largest absolute Gasteiger partial charge is 0.437 e. The van der Waals surface area contributed by atoms with Crippen molar-refractivity contribution < 1.29 is 4.74 Å². The molecule has 116 valence electrons. The van der Waals surface area contributed by atoms with Gasteiger partial charge in [-0.2, -0.15) is 4.98 Å². The van der Waals surface area contributed by atoms with Gasteiger partial charge in [0.25, 0.3) is 0 Å². The molecule has 0 fully saturated rings. The molecule has 0 unspecified atom stereocenters. The van der Waals surface area contributed by atoms with Gasteiger partial charge >= 0.3 is 0 Å². The second-order valence-corrected chi connectivity index (χ2v) is 5.21. The molecule has 0 atom stereocenters. The smallest absolute Gasteiger partial charge is 0.248 e. The molecular weight excluding hydrogens is 312 g/mol. The molecule has 0 saturated heterocycles. The average molecular weight is 327 g/mol.